The molecular formula is C14H13N3O4. The standard InChI is InChI=1S/C14H13N3O4/c1-9-3-4-10(2)13(7-9)15-12-6-5-11(16(18)19)8-14(12)17(20)21/h3-8,15H,1-2H3. The van der Waals surface area contributed by atoms with Gasteiger partial charge in [-0.05, 0) is 37.1 Å². The first-order valence-corrected chi connectivity index (χ1v) is 6.15. The third-order valence-corrected chi connectivity index (χ3v) is 3.05. The van der Waals surface area contributed by atoms with Crippen LogP contribution in [0.3, 0.4) is 0 Å². The largest absolute Gasteiger partial charge is 0.350 e. The van der Waals surface area contributed by atoms with Crippen molar-refractivity contribution < 1.29 is 9.85 Å². The molecule has 21 heavy (non-hydrogen) atoms. The van der Waals surface area contributed by atoms with Crippen LogP contribution in [0.25, 0.3) is 0 Å². The van der Waals surface area contributed by atoms with Gasteiger partial charge >= 0.3 is 0 Å². The summed E-state index contributed by atoms with van der Waals surface area (Å²) in [6.45, 7) is 3.79. The van der Waals surface area contributed by atoms with E-state index in [0.717, 1.165) is 22.9 Å². The number of nitrogens with one attached hydrogen (secondary N) is 1. The maximum atomic E-state index is 11.1. The molecule has 108 valence electrons. The van der Waals surface area contributed by atoms with Crippen LogP contribution >= 0.6 is 0 Å². The van der Waals surface area contributed by atoms with Gasteiger partial charge in [-0.3, -0.25) is 20.2 Å². The van der Waals surface area contributed by atoms with E-state index in [1.54, 1.807) is 0 Å². The van der Waals surface area contributed by atoms with E-state index < -0.39 is 9.85 Å². The predicted octanol–water partition coefficient (Wildman–Crippen LogP) is 3.86. The molecule has 0 aromatic heterocycles. The fourth-order valence-corrected chi connectivity index (χ4v) is 1.91. The lowest BCUT2D eigenvalue weighted by Crippen LogP contribution is -2.00. The van der Waals surface area contributed by atoms with Gasteiger partial charge in [0, 0.05) is 11.8 Å². The van der Waals surface area contributed by atoms with Gasteiger partial charge in [0.2, 0.25) is 0 Å². The molecule has 0 amide bonds. The van der Waals surface area contributed by atoms with Crippen LogP contribution in [-0.2, 0) is 0 Å². The molecule has 0 aliphatic rings. The SMILES string of the molecule is Cc1ccc(C)c(Nc2ccc([N+](=O)[O-])cc2[N+](=O)[O-])c1. The van der Waals surface area contributed by atoms with E-state index >= 15 is 0 Å². The monoisotopic (exact) mass is 287 g/mol. The number of benzene rings is 2. The van der Waals surface area contributed by atoms with Crippen molar-refractivity contribution in [3.05, 3.63) is 67.8 Å². The molecule has 2 rings (SSSR count). The zero-order valence-electron chi connectivity index (χ0n) is 11.5. The zero-order valence-corrected chi connectivity index (χ0v) is 11.5. The van der Waals surface area contributed by atoms with E-state index in [0.29, 0.717) is 0 Å². The van der Waals surface area contributed by atoms with Gasteiger partial charge in [0.25, 0.3) is 11.4 Å². The predicted molar refractivity (Wildman–Crippen MR) is 78.9 cm³/mol. The van der Waals surface area contributed by atoms with Gasteiger partial charge in [0.05, 0.1) is 15.9 Å². The molecule has 0 radical (unpaired) electrons. The molecule has 0 unspecified atom stereocenters. The fraction of sp³-hybridized carbons (Fsp3) is 0.143. The van der Waals surface area contributed by atoms with Crippen LogP contribution in [-0.4, -0.2) is 9.85 Å². The van der Waals surface area contributed by atoms with Crippen LogP contribution in [0.4, 0.5) is 22.7 Å². The molecule has 7 heteroatoms. The van der Waals surface area contributed by atoms with Gasteiger partial charge in [0.1, 0.15) is 5.69 Å². The van der Waals surface area contributed by atoms with Crippen molar-refractivity contribution in [1.82, 2.24) is 0 Å². The Bertz CT molecular complexity index is 728. The number of aryl methyl sites for hydroxylation is 2. The molecule has 0 aliphatic carbocycles. The number of hydrogen-bond acceptors (Lipinski definition) is 5. The third-order valence-electron chi connectivity index (χ3n) is 3.05. The van der Waals surface area contributed by atoms with Crippen molar-refractivity contribution in [1.29, 1.82) is 0 Å². The fourth-order valence-electron chi connectivity index (χ4n) is 1.91. The molecule has 1 N–H and O–H groups in total. The molecule has 0 bridgehead atoms. The van der Waals surface area contributed by atoms with Gasteiger partial charge in [-0.2, -0.15) is 0 Å². The number of nitro groups is 2. The summed E-state index contributed by atoms with van der Waals surface area (Å²) in [5, 5.41) is 24.8. The first-order valence-electron chi connectivity index (χ1n) is 6.15. The van der Waals surface area contributed by atoms with E-state index in [4.69, 9.17) is 0 Å². The first-order chi connectivity index (χ1) is 9.88. The third kappa shape index (κ3) is 3.14. The molecule has 2 aromatic rings. The lowest BCUT2D eigenvalue weighted by Gasteiger charge is -2.10. The maximum Gasteiger partial charge on any atom is 0.299 e. The Kier molecular flexibility index (Phi) is 3.84. The number of hydrogen-bond donors (Lipinski definition) is 1. The molecule has 0 spiro atoms. The summed E-state index contributed by atoms with van der Waals surface area (Å²) in [7, 11) is 0. The van der Waals surface area contributed by atoms with Gasteiger partial charge in [-0.25, -0.2) is 0 Å². The van der Waals surface area contributed by atoms with Crippen molar-refractivity contribution >= 4 is 22.7 Å². The van der Waals surface area contributed by atoms with Crippen LogP contribution in [0.5, 0.6) is 0 Å². The van der Waals surface area contributed by atoms with Crippen LogP contribution < -0.4 is 5.32 Å². The molecule has 0 saturated carbocycles. The summed E-state index contributed by atoms with van der Waals surface area (Å²) in [5.74, 6) is 0. The minimum Gasteiger partial charge on any atom is -0.350 e. The number of nitrogens with zero attached hydrogens (tertiary/aromatic N) is 2. The second kappa shape index (κ2) is 5.58. The highest BCUT2D eigenvalue weighted by Crippen LogP contribution is 2.32. The van der Waals surface area contributed by atoms with Crippen molar-refractivity contribution in [3.63, 3.8) is 0 Å². The molecule has 7 nitrogen and oxygen atoms in total. The van der Waals surface area contributed by atoms with Gasteiger partial charge in [-0.1, -0.05) is 12.1 Å². The van der Waals surface area contributed by atoms with Gasteiger partial charge < -0.3 is 5.32 Å². The highest BCUT2D eigenvalue weighted by atomic mass is 16.6. The van der Waals surface area contributed by atoms with Crippen molar-refractivity contribution in [3.8, 4) is 0 Å². The molecular weight excluding hydrogens is 274 g/mol. The maximum absolute atomic E-state index is 11.1. The lowest BCUT2D eigenvalue weighted by molar-refractivity contribution is -0.393. The Morgan fingerprint density at radius 2 is 1.62 bits per heavy atom. The second-order valence-corrected chi connectivity index (χ2v) is 4.66. The Hall–Kier alpha value is -2.96. The van der Waals surface area contributed by atoms with Gasteiger partial charge in [0.15, 0.2) is 0 Å². The molecule has 0 aliphatic heterocycles. The van der Waals surface area contributed by atoms with Crippen molar-refractivity contribution in [2.75, 3.05) is 5.32 Å². The van der Waals surface area contributed by atoms with Crippen molar-refractivity contribution in [2.24, 2.45) is 0 Å². The molecule has 0 atom stereocenters. The molecule has 0 saturated heterocycles. The van der Waals surface area contributed by atoms with Crippen LogP contribution in [0.15, 0.2) is 36.4 Å². The Labute approximate surface area is 120 Å². The number of non-ortho nitro benzene ring substituents is 1. The van der Waals surface area contributed by atoms with Crippen LogP contribution in [0.1, 0.15) is 11.1 Å². The Morgan fingerprint density at radius 1 is 0.905 bits per heavy atom. The van der Waals surface area contributed by atoms with E-state index in [9.17, 15) is 20.2 Å². The van der Waals surface area contributed by atoms with E-state index in [1.165, 1.54) is 12.1 Å². The smallest absolute Gasteiger partial charge is 0.299 e. The highest BCUT2D eigenvalue weighted by molar-refractivity contribution is 5.73. The minimum absolute atomic E-state index is 0.222. The quantitative estimate of drug-likeness (QED) is 0.680. The highest BCUT2D eigenvalue weighted by Gasteiger charge is 2.19. The summed E-state index contributed by atoms with van der Waals surface area (Å²) in [5.41, 5.74) is 2.24. The summed E-state index contributed by atoms with van der Waals surface area (Å²) >= 11 is 0. The molecule has 0 heterocycles. The normalized spacial score (nSPS) is 10.2. The minimum atomic E-state index is -0.658. The number of nitro benzene ring substituents is 2. The van der Waals surface area contributed by atoms with Crippen LogP contribution in [0.2, 0.25) is 0 Å². The number of rotatable bonds is 4. The average Bonchev–Trinajstić information content (AvgIpc) is 2.42. The topological polar surface area (TPSA) is 98.3 Å². The Balaban J connectivity index is 2.46. The first kappa shape index (κ1) is 14.4. The van der Waals surface area contributed by atoms with Crippen LogP contribution in [0, 0.1) is 34.1 Å². The summed E-state index contributed by atoms with van der Waals surface area (Å²) in [6, 6.07) is 9.23. The van der Waals surface area contributed by atoms with E-state index in [-0.39, 0.29) is 17.1 Å². The molecule has 2 aromatic carbocycles. The van der Waals surface area contributed by atoms with Gasteiger partial charge in [-0.15, -0.1) is 0 Å². The van der Waals surface area contributed by atoms with Crippen molar-refractivity contribution in [2.45, 2.75) is 13.8 Å². The molecule has 0 fully saturated rings. The Morgan fingerprint density at radius 3 is 2.24 bits per heavy atom. The van der Waals surface area contributed by atoms with E-state index in [1.807, 2.05) is 32.0 Å². The average molecular weight is 287 g/mol. The number of anilines is 2. The summed E-state index contributed by atoms with van der Waals surface area (Å²) in [6.07, 6.45) is 0. The summed E-state index contributed by atoms with van der Waals surface area (Å²) in [4.78, 5) is 20.5. The lowest BCUT2D eigenvalue weighted by atomic mass is 10.1. The van der Waals surface area contributed by atoms with E-state index in [2.05, 4.69) is 5.32 Å². The second-order valence-electron chi connectivity index (χ2n) is 4.66. The zero-order chi connectivity index (χ0) is 15.6. The summed E-state index contributed by atoms with van der Waals surface area (Å²) < 4.78 is 0.